The summed E-state index contributed by atoms with van der Waals surface area (Å²) in [7, 11) is 0. The molecule has 2 saturated heterocycles. The van der Waals surface area contributed by atoms with Crippen molar-refractivity contribution < 1.29 is 4.79 Å². The number of anilines is 1. The highest BCUT2D eigenvalue weighted by Crippen LogP contribution is 2.46. The van der Waals surface area contributed by atoms with Crippen LogP contribution < -0.4 is 21.5 Å². The highest BCUT2D eigenvalue weighted by molar-refractivity contribution is 6.30. The second-order valence-corrected chi connectivity index (χ2v) is 12.4. The molecule has 4 unspecified atom stereocenters. The molecular formula is C32H36Cl2N4O. The van der Waals surface area contributed by atoms with Gasteiger partial charge in [0.05, 0.1) is 0 Å². The molecule has 5 nitrogen and oxygen atoms in total. The molecule has 3 fully saturated rings. The van der Waals surface area contributed by atoms with Crippen LogP contribution in [0.1, 0.15) is 59.5 Å². The second-order valence-electron chi connectivity index (χ2n) is 11.5. The van der Waals surface area contributed by atoms with Crippen LogP contribution in [0.25, 0.3) is 0 Å². The van der Waals surface area contributed by atoms with Crippen LogP contribution >= 0.6 is 23.2 Å². The van der Waals surface area contributed by atoms with Gasteiger partial charge in [0.1, 0.15) is 0 Å². The van der Waals surface area contributed by atoms with Crippen LogP contribution in [0, 0.1) is 17.8 Å². The second kappa shape index (κ2) is 11.5. The van der Waals surface area contributed by atoms with Gasteiger partial charge < -0.3 is 10.6 Å². The molecule has 4 N–H and O–H groups in total. The zero-order chi connectivity index (χ0) is 26.9. The average molecular weight is 564 g/mol. The lowest BCUT2D eigenvalue weighted by molar-refractivity contribution is 0.100. The summed E-state index contributed by atoms with van der Waals surface area (Å²) in [6.07, 6.45) is 5.81. The Labute approximate surface area is 241 Å². The first kappa shape index (κ1) is 26.6. The zero-order valence-electron chi connectivity index (χ0n) is 22.0. The Morgan fingerprint density at radius 2 is 1.49 bits per heavy atom. The van der Waals surface area contributed by atoms with Gasteiger partial charge >= 0.3 is 0 Å². The molecule has 0 radical (unpaired) electrons. The Morgan fingerprint density at radius 1 is 0.846 bits per heavy atom. The summed E-state index contributed by atoms with van der Waals surface area (Å²) in [5.41, 5.74) is 17.2. The quantitative estimate of drug-likeness (QED) is 0.325. The van der Waals surface area contributed by atoms with Gasteiger partial charge in [0.15, 0.2) is 0 Å². The summed E-state index contributed by atoms with van der Waals surface area (Å²) < 4.78 is 0. The molecule has 2 aliphatic heterocycles. The maximum Gasteiger partial charge on any atom is 0.248 e. The van der Waals surface area contributed by atoms with Crippen LogP contribution in [0.5, 0.6) is 0 Å². The lowest BCUT2D eigenvalue weighted by Gasteiger charge is -2.41. The third-order valence-electron chi connectivity index (χ3n) is 9.31. The Hall–Kier alpha value is -2.57. The van der Waals surface area contributed by atoms with Gasteiger partial charge in [-0.15, -0.1) is 0 Å². The molecule has 39 heavy (non-hydrogen) atoms. The number of fused-ring (bicyclic) bond motifs is 1. The molecule has 0 spiro atoms. The van der Waals surface area contributed by atoms with Crippen molar-refractivity contribution in [2.45, 2.75) is 50.1 Å². The molecule has 3 aromatic rings. The number of carbonyl (C=O) groups excluding carboxylic acids is 1. The number of piperidine rings is 1. The maximum absolute atomic E-state index is 11.7. The highest BCUT2D eigenvalue weighted by Gasteiger charge is 2.45. The third kappa shape index (κ3) is 5.69. The molecule has 0 aromatic heterocycles. The van der Waals surface area contributed by atoms with Gasteiger partial charge in [-0.2, -0.15) is 0 Å². The number of nitrogens with two attached hydrogens (primary N) is 1. The number of primary amides is 1. The number of hydrazine groups is 1. The van der Waals surface area contributed by atoms with Gasteiger partial charge in [0.2, 0.25) is 5.91 Å². The first-order valence-electron chi connectivity index (χ1n) is 14.1. The largest absolute Gasteiger partial charge is 0.371 e. The van der Waals surface area contributed by atoms with Crippen LogP contribution in [0.4, 0.5) is 5.69 Å². The van der Waals surface area contributed by atoms with E-state index < -0.39 is 0 Å². The predicted molar refractivity (Wildman–Crippen MR) is 159 cm³/mol. The monoisotopic (exact) mass is 562 g/mol. The highest BCUT2D eigenvalue weighted by atomic mass is 35.5. The number of nitrogens with zero attached hydrogens (tertiary/aromatic N) is 1. The predicted octanol–water partition coefficient (Wildman–Crippen LogP) is 6.40. The van der Waals surface area contributed by atoms with Crippen molar-refractivity contribution in [1.82, 2.24) is 10.9 Å². The minimum atomic E-state index is -0.374. The Balaban J connectivity index is 1.17. The van der Waals surface area contributed by atoms with E-state index >= 15 is 0 Å². The number of rotatable bonds is 6. The minimum Gasteiger partial charge on any atom is -0.371 e. The topological polar surface area (TPSA) is 70.4 Å². The fourth-order valence-electron chi connectivity index (χ4n) is 7.35. The van der Waals surface area contributed by atoms with Gasteiger partial charge in [0, 0.05) is 52.4 Å². The molecule has 1 saturated carbocycles. The van der Waals surface area contributed by atoms with E-state index in [2.05, 4.69) is 46.1 Å². The Bertz CT molecular complexity index is 1240. The number of hydrogen-bond acceptors (Lipinski definition) is 4. The molecule has 204 valence electrons. The molecule has 4 atom stereocenters. The number of amides is 1. The SMILES string of the molecule is NC(=O)c1cccc(N2CCC(C3NNC4CCC(C(c5ccc(Cl)cc5)c5ccc(Cl)cc5)CC43)CC2)c1. The van der Waals surface area contributed by atoms with Crippen LogP contribution in [0.15, 0.2) is 72.8 Å². The Kier molecular flexibility index (Phi) is 7.86. The summed E-state index contributed by atoms with van der Waals surface area (Å²) in [4.78, 5) is 14.1. The van der Waals surface area contributed by atoms with E-state index in [1.165, 1.54) is 30.4 Å². The van der Waals surface area contributed by atoms with E-state index in [0.29, 0.717) is 41.3 Å². The van der Waals surface area contributed by atoms with E-state index in [-0.39, 0.29) is 5.91 Å². The first-order chi connectivity index (χ1) is 19.0. The molecule has 1 amide bonds. The van der Waals surface area contributed by atoms with Gasteiger partial charge in [-0.1, -0.05) is 53.5 Å². The van der Waals surface area contributed by atoms with Crippen molar-refractivity contribution in [3.05, 3.63) is 99.5 Å². The molecule has 0 bridgehead atoms. The van der Waals surface area contributed by atoms with Crippen molar-refractivity contribution in [2.75, 3.05) is 18.0 Å². The van der Waals surface area contributed by atoms with Gasteiger partial charge in [-0.05, 0) is 103 Å². The Morgan fingerprint density at radius 3 is 2.10 bits per heavy atom. The van der Waals surface area contributed by atoms with E-state index in [4.69, 9.17) is 28.9 Å². The smallest absolute Gasteiger partial charge is 0.248 e. The van der Waals surface area contributed by atoms with Gasteiger partial charge in [-0.3, -0.25) is 15.6 Å². The zero-order valence-corrected chi connectivity index (χ0v) is 23.5. The fraction of sp³-hybridized carbons (Fsp3) is 0.406. The van der Waals surface area contributed by atoms with E-state index in [1.54, 1.807) is 6.07 Å². The van der Waals surface area contributed by atoms with Crippen LogP contribution in [0.3, 0.4) is 0 Å². The lowest BCUT2D eigenvalue weighted by Crippen LogP contribution is -2.45. The van der Waals surface area contributed by atoms with E-state index in [9.17, 15) is 4.79 Å². The van der Waals surface area contributed by atoms with Crippen molar-refractivity contribution in [2.24, 2.45) is 23.5 Å². The van der Waals surface area contributed by atoms with E-state index in [0.717, 1.165) is 41.7 Å². The molecule has 3 aromatic carbocycles. The van der Waals surface area contributed by atoms with Gasteiger partial charge in [0.25, 0.3) is 0 Å². The minimum absolute atomic E-state index is 0.320. The number of benzene rings is 3. The number of nitrogens with one attached hydrogen (secondary N) is 2. The number of halogens is 2. The first-order valence-corrected chi connectivity index (χ1v) is 14.9. The summed E-state index contributed by atoms with van der Waals surface area (Å²) in [5.74, 6) is 1.71. The molecule has 6 rings (SSSR count). The van der Waals surface area contributed by atoms with Crippen molar-refractivity contribution in [1.29, 1.82) is 0 Å². The maximum atomic E-state index is 11.7. The van der Waals surface area contributed by atoms with Crippen LogP contribution in [0.2, 0.25) is 10.0 Å². The summed E-state index contributed by atoms with van der Waals surface area (Å²) >= 11 is 12.5. The molecule has 7 heteroatoms. The summed E-state index contributed by atoms with van der Waals surface area (Å²) in [6.45, 7) is 1.98. The number of carbonyl (C=O) groups is 1. The molecule has 3 aliphatic rings. The fourth-order valence-corrected chi connectivity index (χ4v) is 7.60. The summed E-state index contributed by atoms with van der Waals surface area (Å²) in [6, 6.07) is 25.5. The van der Waals surface area contributed by atoms with Crippen LogP contribution in [-0.4, -0.2) is 31.1 Å². The van der Waals surface area contributed by atoms with E-state index in [1.807, 2.05) is 36.4 Å². The van der Waals surface area contributed by atoms with Gasteiger partial charge in [-0.25, -0.2) is 0 Å². The number of hydrogen-bond donors (Lipinski definition) is 3. The van der Waals surface area contributed by atoms with Crippen LogP contribution in [-0.2, 0) is 0 Å². The third-order valence-corrected chi connectivity index (χ3v) is 9.81. The summed E-state index contributed by atoms with van der Waals surface area (Å²) in [5, 5.41) is 1.54. The van der Waals surface area contributed by atoms with Crippen molar-refractivity contribution in [3.8, 4) is 0 Å². The standard InChI is InChI=1S/C32H36Cl2N4O/c33-25-9-4-20(5-10-25)30(21-6-11-26(34)12-7-21)23-8-13-29-28(19-23)31(37-36-29)22-14-16-38(17-15-22)27-3-1-2-24(18-27)32(35)39/h1-7,9-12,18,22-23,28-31,36-37H,8,13-17,19H2,(H2,35,39). The molecular weight excluding hydrogens is 527 g/mol. The van der Waals surface area contributed by atoms with Crippen molar-refractivity contribution >= 4 is 34.8 Å². The lowest BCUT2D eigenvalue weighted by atomic mass is 9.66. The normalized spacial score (nSPS) is 25.6. The average Bonchev–Trinajstić information content (AvgIpc) is 3.39. The van der Waals surface area contributed by atoms with Crippen molar-refractivity contribution in [3.63, 3.8) is 0 Å². The molecule has 2 heterocycles. The molecule has 1 aliphatic carbocycles.